The van der Waals surface area contributed by atoms with Crippen LogP contribution >= 0.6 is 24.2 Å². The maximum Gasteiger partial charge on any atom is 0.238 e. The SMILES string of the molecule is Sc1cc2cccc[n+]2c2c(Cl)cccc12.[Cl-]. The van der Waals surface area contributed by atoms with Crippen molar-refractivity contribution in [3.63, 3.8) is 0 Å². The second-order valence-electron chi connectivity index (χ2n) is 3.66. The number of hydrogen-bond acceptors (Lipinski definition) is 1. The standard InChI is InChI=1S/C13H8ClNS.ClH/c14-11-6-3-5-10-12(16)8-9-4-1-2-7-15(9)13(10)11;/h1-8H;1H. The molecule has 0 saturated carbocycles. The van der Waals surface area contributed by atoms with Gasteiger partial charge in [0.25, 0.3) is 0 Å². The Balaban J connectivity index is 0.00000108. The molecule has 1 aromatic carbocycles. The zero-order chi connectivity index (χ0) is 11.1. The van der Waals surface area contributed by atoms with Crippen molar-refractivity contribution in [3.05, 3.63) is 53.7 Å². The molecule has 0 unspecified atom stereocenters. The van der Waals surface area contributed by atoms with Crippen LogP contribution in [0.2, 0.25) is 5.02 Å². The highest BCUT2D eigenvalue weighted by atomic mass is 35.5. The number of aromatic nitrogens is 1. The van der Waals surface area contributed by atoms with E-state index in [9.17, 15) is 0 Å². The van der Waals surface area contributed by atoms with Crippen LogP contribution in [0.3, 0.4) is 0 Å². The fourth-order valence-electron chi connectivity index (χ4n) is 1.96. The average Bonchev–Trinajstić information content (AvgIpc) is 2.30. The molecule has 0 atom stereocenters. The second kappa shape index (κ2) is 4.73. The number of rotatable bonds is 0. The number of nitrogens with zero attached hydrogens (tertiary/aromatic N) is 1. The average molecular weight is 282 g/mol. The van der Waals surface area contributed by atoms with Gasteiger partial charge >= 0.3 is 0 Å². The Kier molecular flexibility index (Phi) is 3.48. The first kappa shape index (κ1) is 12.5. The lowest BCUT2D eigenvalue weighted by atomic mass is 10.2. The number of fused-ring (bicyclic) bond motifs is 3. The van der Waals surface area contributed by atoms with Gasteiger partial charge in [-0.05, 0) is 18.2 Å². The molecule has 2 aromatic heterocycles. The molecule has 0 spiro atoms. The summed E-state index contributed by atoms with van der Waals surface area (Å²) in [5.74, 6) is 0. The highest BCUT2D eigenvalue weighted by Crippen LogP contribution is 2.26. The number of halogens is 2. The Hall–Kier alpha value is -0.960. The molecule has 0 radical (unpaired) electrons. The molecule has 2 heterocycles. The zero-order valence-electron chi connectivity index (χ0n) is 8.77. The molecule has 17 heavy (non-hydrogen) atoms. The molecule has 0 aliphatic rings. The Morgan fingerprint density at radius 3 is 2.71 bits per heavy atom. The summed E-state index contributed by atoms with van der Waals surface area (Å²) in [5.41, 5.74) is 2.10. The zero-order valence-corrected chi connectivity index (χ0v) is 11.2. The van der Waals surface area contributed by atoms with E-state index in [0.717, 1.165) is 26.3 Å². The van der Waals surface area contributed by atoms with Gasteiger partial charge in [0, 0.05) is 23.1 Å². The normalized spacial score (nSPS) is 10.5. The number of pyridine rings is 2. The van der Waals surface area contributed by atoms with E-state index in [1.807, 2.05) is 48.7 Å². The first-order valence-corrected chi connectivity index (χ1v) is 5.80. The van der Waals surface area contributed by atoms with Crippen molar-refractivity contribution in [1.82, 2.24) is 0 Å². The van der Waals surface area contributed by atoms with Gasteiger partial charge in [0.05, 0.1) is 5.39 Å². The van der Waals surface area contributed by atoms with Crippen LogP contribution in [-0.4, -0.2) is 0 Å². The lowest BCUT2D eigenvalue weighted by Gasteiger charge is -2.01. The molecular formula is C13H9Cl2NS. The van der Waals surface area contributed by atoms with Crippen molar-refractivity contribution < 1.29 is 16.8 Å². The van der Waals surface area contributed by atoms with Crippen molar-refractivity contribution >= 4 is 40.6 Å². The minimum absolute atomic E-state index is 0. The van der Waals surface area contributed by atoms with E-state index < -0.39 is 0 Å². The summed E-state index contributed by atoms with van der Waals surface area (Å²) in [6.45, 7) is 0. The van der Waals surface area contributed by atoms with Gasteiger partial charge in [-0.2, -0.15) is 4.40 Å². The van der Waals surface area contributed by atoms with E-state index in [-0.39, 0.29) is 12.4 Å². The summed E-state index contributed by atoms with van der Waals surface area (Å²) in [7, 11) is 0. The molecule has 3 aromatic rings. The summed E-state index contributed by atoms with van der Waals surface area (Å²) in [5, 5.41) is 1.81. The molecule has 0 saturated heterocycles. The van der Waals surface area contributed by atoms with Crippen LogP contribution in [-0.2, 0) is 0 Å². The van der Waals surface area contributed by atoms with Crippen LogP contribution in [0.15, 0.2) is 53.6 Å². The minimum Gasteiger partial charge on any atom is -1.00 e. The van der Waals surface area contributed by atoms with Gasteiger partial charge in [0.15, 0.2) is 6.20 Å². The summed E-state index contributed by atoms with van der Waals surface area (Å²) in [6, 6.07) is 14.0. The van der Waals surface area contributed by atoms with Crippen LogP contribution < -0.4 is 16.8 Å². The van der Waals surface area contributed by atoms with Crippen LogP contribution in [0.4, 0.5) is 0 Å². The fraction of sp³-hybridized carbons (Fsp3) is 0. The van der Waals surface area contributed by atoms with Crippen LogP contribution in [0, 0.1) is 0 Å². The van der Waals surface area contributed by atoms with Crippen LogP contribution in [0.5, 0.6) is 0 Å². The third-order valence-corrected chi connectivity index (χ3v) is 3.35. The Labute approximate surface area is 116 Å². The molecule has 4 heteroatoms. The minimum atomic E-state index is 0. The first-order valence-electron chi connectivity index (χ1n) is 4.98. The van der Waals surface area contributed by atoms with Crippen molar-refractivity contribution in [2.75, 3.05) is 0 Å². The Morgan fingerprint density at radius 1 is 1.06 bits per heavy atom. The maximum atomic E-state index is 6.25. The van der Waals surface area contributed by atoms with E-state index in [0.29, 0.717) is 0 Å². The second-order valence-corrected chi connectivity index (χ2v) is 4.55. The molecule has 0 N–H and O–H groups in total. The van der Waals surface area contributed by atoms with Gasteiger partial charge < -0.3 is 12.4 Å². The van der Waals surface area contributed by atoms with Gasteiger partial charge in [-0.15, -0.1) is 12.6 Å². The number of hydrogen-bond donors (Lipinski definition) is 1. The Bertz CT molecular complexity index is 697. The van der Waals surface area contributed by atoms with E-state index in [1.165, 1.54) is 0 Å². The Morgan fingerprint density at radius 2 is 1.88 bits per heavy atom. The van der Waals surface area contributed by atoms with Gasteiger partial charge in [-0.1, -0.05) is 17.7 Å². The predicted molar refractivity (Wildman–Crippen MR) is 69.4 cm³/mol. The highest BCUT2D eigenvalue weighted by molar-refractivity contribution is 7.80. The molecule has 0 fully saturated rings. The first-order chi connectivity index (χ1) is 7.77. The van der Waals surface area contributed by atoms with Gasteiger partial charge in [-0.3, -0.25) is 0 Å². The molecule has 0 bridgehead atoms. The van der Waals surface area contributed by atoms with Gasteiger partial charge in [0.1, 0.15) is 5.02 Å². The summed E-state index contributed by atoms with van der Waals surface area (Å²) < 4.78 is 2.08. The molecule has 0 aliphatic carbocycles. The largest absolute Gasteiger partial charge is 1.00 e. The number of thiol groups is 1. The van der Waals surface area contributed by atoms with Crippen molar-refractivity contribution in [2.45, 2.75) is 4.90 Å². The third-order valence-electron chi connectivity index (χ3n) is 2.68. The topological polar surface area (TPSA) is 4.10 Å². The molecule has 86 valence electrons. The van der Waals surface area contributed by atoms with E-state index >= 15 is 0 Å². The summed E-state index contributed by atoms with van der Waals surface area (Å²) in [4.78, 5) is 0.948. The van der Waals surface area contributed by atoms with E-state index in [4.69, 9.17) is 11.6 Å². The molecule has 0 amide bonds. The summed E-state index contributed by atoms with van der Waals surface area (Å²) in [6.07, 6.45) is 2.01. The monoisotopic (exact) mass is 281 g/mol. The number of benzene rings is 1. The molecule has 3 rings (SSSR count). The molecule has 1 nitrogen and oxygen atoms in total. The smallest absolute Gasteiger partial charge is 0.238 e. The third kappa shape index (κ3) is 1.97. The van der Waals surface area contributed by atoms with Crippen molar-refractivity contribution in [1.29, 1.82) is 0 Å². The maximum absolute atomic E-state index is 6.25. The van der Waals surface area contributed by atoms with Gasteiger partial charge in [0.2, 0.25) is 11.0 Å². The lowest BCUT2D eigenvalue weighted by molar-refractivity contribution is -0.481. The molecular weight excluding hydrogens is 273 g/mol. The van der Waals surface area contributed by atoms with E-state index in [1.54, 1.807) is 0 Å². The molecule has 0 aliphatic heterocycles. The van der Waals surface area contributed by atoms with Crippen LogP contribution in [0.25, 0.3) is 16.4 Å². The number of para-hydroxylation sites is 1. The fourth-order valence-corrected chi connectivity index (χ4v) is 2.54. The van der Waals surface area contributed by atoms with Crippen molar-refractivity contribution in [3.8, 4) is 0 Å². The van der Waals surface area contributed by atoms with Crippen molar-refractivity contribution in [2.24, 2.45) is 0 Å². The lowest BCUT2D eigenvalue weighted by Crippen LogP contribution is -3.00. The summed E-state index contributed by atoms with van der Waals surface area (Å²) >= 11 is 10.8. The highest BCUT2D eigenvalue weighted by Gasteiger charge is 2.14. The van der Waals surface area contributed by atoms with Gasteiger partial charge in [-0.25, -0.2) is 0 Å². The van der Waals surface area contributed by atoms with E-state index in [2.05, 4.69) is 17.0 Å². The quantitative estimate of drug-likeness (QED) is 0.348. The van der Waals surface area contributed by atoms with Crippen LogP contribution in [0.1, 0.15) is 0 Å². The predicted octanol–water partition coefficient (Wildman–Crippen LogP) is 0.525.